The molecule has 0 amide bonds. The van der Waals surface area contributed by atoms with Crippen LogP contribution >= 0.6 is 0 Å². The summed E-state index contributed by atoms with van der Waals surface area (Å²) in [7, 11) is 0. The van der Waals surface area contributed by atoms with Crippen molar-refractivity contribution < 1.29 is 13.5 Å². The maximum Gasteiger partial charge on any atom is 0.387 e. The zero-order valence-corrected chi connectivity index (χ0v) is 9.83. The van der Waals surface area contributed by atoms with Gasteiger partial charge >= 0.3 is 6.61 Å². The highest BCUT2D eigenvalue weighted by atomic mass is 19.3. The normalized spacial score (nSPS) is 12.5. The third-order valence-corrected chi connectivity index (χ3v) is 2.32. The van der Waals surface area contributed by atoms with Crippen molar-refractivity contribution >= 4 is 0 Å². The van der Waals surface area contributed by atoms with E-state index in [0.29, 0.717) is 12.6 Å². The van der Waals surface area contributed by atoms with Crippen LogP contribution in [0.4, 0.5) is 8.78 Å². The van der Waals surface area contributed by atoms with Gasteiger partial charge in [0.1, 0.15) is 5.75 Å². The number of hydrogen-bond donors (Lipinski definition) is 1. The Morgan fingerprint density at radius 1 is 1.35 bits per heavy atom. The molecule has 1 rings (SSSR count). The van der Waals surface area contributed by atoms with E-state index in [4.69, 9.17) is 0 Å². The van der Waals surface area contributed by atoms with E-state index >= 15 is 0 Å². The Hall–Kier alpha value is -1.42. The minimum absolute atomic E-state index is 0.183. The van der Waals surface area contributed by atoms with Crippen molar-refractivity contribution in [2.45, 2.75) is 32.5 Å². The first-order chi connectivity index (χ1) is 8.11. The minimum atomic E-state index is -2.77. The lowest BCUT2D eigenvalue weighted by molar-refractivity contribution is -0.0498. The molecule has 1 unspecified atom stereocenters. The molecule has 0 aliphatic carbocycles. The molecule has 1 N–H and O–H groups in total. The molecule has 17 heavy (non-hydrogen) atoms. The van der Waals surface area contributed by atoms with Crippen molar-refractivity contribution in [1.29, 1.82) is 0 Å². The molecule has 4 heteroatoms. The van der Waals surface area contributed by atoms with Gasteiger partial charge < -0.3 is 10.1 Å². The van der Waals surface area contributed by atoms with Gasteiger partial charge in [-0.3, -0.25) is 0 Å². The molecule has 1 atom stereocenters. The number of nitrogens with one attached hydrogen (secondary N) is 1. The standard InChI is InChI=1S/C13H17F2NO/c1-3-4-10(2)16-9-11-5-7-12(8-6-11)17-13(14)15/h3,5-8,10,13,16H,1,4,9H2,2H3. The van der Waals surface area contributed by atoms with E-state index < -0.39 is 6.61 Å². The Balaban J connectivity index is 2.42. The summed E-state index contributed by atoms with van der Waals surface area (Å²) in [5.41, 5.74) is 1.03. The summed E-state index contributed by atoms with van der Waals surface area (Å²) in [4.78, 5) is 0. The second-order valence-corrected chi connectivity index (χ2v) is 3.83. The first-order valence-corrected chi connectivity index (χ1v) is 5.50. The monoisotopic (exact) mass is 241 g/mol. The van der Waals surface area contributed by atoms with Crippen LogP contribution < -0.4 is 10.1 Å². The van der Waals surface area contributed by atoms with E-state index in [9.17, 15) is 8.78 Å². The SMILES string of the molecule is C=CCC(C)NCc1ccc(OC(F)F)cc1. The van der Waals surface area contributed by atoms with Crippen molar-refractivity contribution in [3.63, 3.8) is 0 Å². The summed E-state index contributed by atoms with van der Waals surface area (Å²) in [5, 5.41) is 3.30. The highest BCUT2D eigenvalue weighted by Crippen LogP contribution is 2.14. The van der Waals surface area contributed by atoms with Crippen LogP contribution in [0.1, 0.15) is 18.9 Å². The van der Waals surface area contributed by atoms with Crippen LogP contribution in [0.15, 0.2) is 36.9 Å². The van der Waals surface area contributed by atoms with E-state index in [1.165, 1.54) is 0 Å². The van der Waals surface area contributed by atoms with Crippen molar-refractivity contribution in [2.75, 3.05) is 0 Å². The van der Waals surface area contributed by atoms with Crippen molar-refractivity contribution in [2.24, 2.45) is 0 Å². The zero-order chi connectivity index (χ0) is 12.7. The fourth-order valence-corrected chi connectivity index (χ4v) is 1.41. The van der Waals surface area contributed by atoms with E-state index in [1.54, 1.807) is 24.3 Å². The van der Waals surface area contributed by atoms with Crippen LogP contribution in [0.3, 0.4) is 0 Å². The fraction of sp³-hybridized carbons (Fsp3) is 0.385. The number of ether oxygens (including phenoxy) is 1. The van der Waals surface area contributed by atoms with Gasteiger partial charge in [0, 0.05) is 12.6 Å². The third-order valence-electron chi connectivity index (χ3n) is 2.32. The molecule has 0 aliphatic rings. The lowest BCUT2D eigenvalue weighted by Crippen LogP contribution is -2.24. The van der Waals surface area contributed by atoms with Gasteiger partial charge in [0.2, 0.25) is 0 Å². The Kier molecular flexibility index (Phi) is 5.63. The summed E-state index contributed by atoms with van der Waals surface area (Å²) in [6.07, 6.45) is 2.75. The van der Waals surface area contributed by atoms with Gasteiger partial charge in [0.05, 0.1) is 0 Å². The van der Waals surface area contributed by atoms with E-state index in [-0.39, 0.29) is 5.75 Å². The second-order valence-electron chi connectivity index (χ2n) is 3.83. The minimum Gasteiger partial charge on any atom is -0.435 e. The van der Waals surface area contributed by atoms with Gasteiger partial charge in [-0.25, -0.2) is 0 Å². The number of benzene rings is 1. The van der Waals surface area contributed by atoms with Crippen LogP contribution in [-0.2, 0) is 6.54 Å². The third kappa shape index (κ3) is 5.45. The molecule has 1 aromatic carbocycles. The van der Waals surface area contributed by atoms with Crippen LogP contribution in [0.5, 0.6) is 5.75 Å². The summed E-state index contributed by atoms with van der Waals surface area (Å²) in [5.74, 6) is 0.183. The quantitative estimate of drug-likeness (QED) is 0.739. The van der Waals surface area contributed by atoms with Gasteiger partial charge in [-0.1, -0.05) is 18.2 Å². The number of halogens is 2. The Morgan fingerprint density at radius 3 is 2.53 bits per heavy atom. The maximum atomic E-state index is 11.9. The smallest absolute Gasteiger partial charge is 0.387 e. The Bertz CT molecular complexity index is 338. The highest BCUT2D eigenvalue weighted by Gasteiger charge is 2.04. The van der Waals surface area contributed by atoms with E-state index in [1.807, 2.05) is 6.08 Å². The summed E-state index contributed by atoms with van der Waals surface area (Å²) < 4.78 is 28.1. The average Bonchev–Trinajstić information content (AvgIpc) is 2.28. The molecule has 0 saturated heterocycles. The molecule has 0 aliphatic heterocycles. The van der Waals surface area contributed by atoms with Crippen LogP contribution in [-0.4, -0.2) is 12.7 Å². The molecule has 0 spiro atoms. The molecule has 1 aromatic rings. The Morgan fingerprint density at radius 2 is 2.00 bits per heavy atom. The molecule has 0 aromatic heterocycles. The lowest BCUT2D eigenvalue weighted by Gasteiger charge is -2.12. The molecule has 0 fully saturated rings. The van der Waals surface area contributed by atoms with Crippen LogP contribution in [0, 0.1) is 0 Å². The second kappa shape index (κ2) is 7.01. The summed E-state index contributed by atoms with van der Waals surface area (Å²) >= 11 is 0. The van der Waals surface area contributed by atoms with Gasteiger partial charge in [-0.2, -0.15) is 8.78 Å². The molecule has 2 nitrogen and oxygen atoms in total. The van der Waals surface area contributed by atoms with Gasteiger partial charge in [0.15, 0.2) is 0 Å². The fourth-order valence-electron chi connectivity index (χ4n) is 1.41. The van der Waals surface area contributed by atoms with E-state index in [0.717, 1.165) is 12.0 Å². The first-order valence-electron chi connectivity index (χ1n) is 5.50. The predicted octanol–water partition coefficient (Wildman–Crippen LogP) is 3.34. The molecule has 0 bridgehead atoms. The molecule has 0 heterocycles. The van der Waals surface area contributed by atoms with Gasteiger partial charge in [-0.15, -0.1) is 6.58 Å². The highest BCUT2D eigenvalue weighted by molar-refractivity contribution is 5.27. The Labute approximate surface area is 100 Å². The largest absolute Gasteiger partial charge is 0.435 e. The van der Waals surface area contributed by atoms with Crippen LogP contribution in [0.25, 0.3) is 0 Å². The summed E-state index contributed by atoms with van der Waals surface area (Å²) in [6, 6.07) is 6.98. The van der Waals surface area contributed by atoms with Gasteiger partial charge in [0.25, 0.3) is 0 Å². The van der Waals surface area contributed by atoms with Crippen LogP contribution in [0.2, 0.25) is 0 Å². The van der Waals surface area contributed by atoms with E-state index in [2.05, 4.69) is 23.6 Å². The number of hydrogen-bond acceptors (Lipinski definition) is 2. The molecular weight excluding hydrogens is 224 g/mol. The number of alkyl halides is 2. The lowest BCUT2D eigenvalue weighted by atomic mass is 10.2. The average molecular weight is 241 g/mol. The van der Waals surface area contributed by atoms with Crippen molar-refractivity contribution in [3.05, 3.63) is 42.5 Å². The maximum absolute atomic E-state index is 11.9. The molecule has 0 radical (unpaired) electrons. The zero-order valence-electron chi connectivity index (χ0n) is 9.83. The van der Waals surface area contributed by atoms with Crippen molar-refractivity contribution in [1.82, 2.24) is 5.32 Å². The first kappa shape index (κ1) is 13.6. The predicted molar refractivity (Wildman–Crippen MR) is 64.2 cm³/mol. The van der Waals surface area contributed by atoms with Gasteiger partial charge in [-0.05, 0) is 31.0 Å². The van der Waals surface area contributed by atoms with Crippen molar-refractivity contribution in [3.8, 4) is 5.75 Å². The molecular formula is C13H17F2NO. The molecule has 94 valence electrons. The summed E-state index contributed by atoms with van der Waals surface area (Å²) in [6.45, 7) is 3.66. The number of rotatable bonds is 7. The topological polar surface area (TPSA) is 21.3 Å². The molecule has 0 saturated carbocycles.